The summed E-state index contributed by atoms with van der Waals surface area (Å²) < 4.78 is 0. The number of carbonyl (C=O) groups is 2. The molecular formula is C17H25N3O3. The minimum absolute atomic E-state index is 0.0772. The van der Waals surface area contributed by atoms with Crippen LogP contribution in [0.25, 0.3) is 0 Å². The van der Waals surface area contributed by atoms with E-state index in [9.17, 15) is 9.59 Å². The maximum Gasteiger partial charge on any atom is 0.237 e. The Morgan fingerprint density at radius 2 is 2.09 bits per heavy atom. The first-order chi connectivity index (χ1) is 11.0. The van der Waals surface area contributed by atoms with Crippen LogP contribution >= 0.6 is 0 Å². The molecule has 0 bridgehead atoms. The summed E-state index contributed by atoms with van der Waals surface area (Å²) in [7, 11) is 1.64. The summed E-state index contributed by atoms with van der Waals surface area (Å²) in [6.07, 6.45) is 0.133. The van der Waals surface area contributed by atoms with Gasteiger partial charge in [-0.3, -0.25) is 14.5 Å². The summed E-state index contributed by atoms with van der Waals surface area (Å²) in [5.41, 5.74) is 2.33. The quantitative estimate of drug-likeness (QED) is 0.782. The number of nitrogens with one attached hydrogen (secondary N) is 1. The van der Waals surface area contributed by atoms with Crippen molar-refractivity contribution in [1.82, 2.24) is 15.1 Å². The number of piperazine rings is 1. The first-order valence-corrected chi connectivity index (χ1v) is 7.93. The largest absolute Gasteiger partial charge is 0.395 e. The van der Waals surface area contributed by atoms with E-state index in [1.54, 1.807) is 7.05 Å². The zero-order valence-electron chi connectivity index (χ0n) is 13.8. The van der Waals surface area contributed by atoms with Crippen molar-refractivity contribution in [2.45, 2.75) is 25.9 Å². The molecule has 6 nitrogen and oxygen atoms in total. The standard InChI is InChI=1S/C17H25N3O3/c1-13-3-5-14(6-4-13)12-20-8-7-18-17(23)15(20)11-16(22)19(2)9-10-21/h3-6,15,21H,7-12H2,1-2H3,(H,18,23)/t15-/m1/s1. The van der Waals surface area contributed by atoms with Crippen molar-refractivity contribution in [3.8, 4) is 0 Å². The van der Waals surface area contributed by atoms with Crippen LogP contribution in [0.3, 0.4) is 0 Å². The van der Waals surface area contributed by atoms with Crippen molar-refractivity contribution in [2.24, 2.45) is 0 Å². The van der Waals surface area contributed by atoms with E-state index in [-0.39, 0.29) is 31.4 Å². The van der Waals surface area contributed by atoms with E-state index >= 15 is 0 Å². The maximum atomic E-state index is 12.2. The molecule has 1 aromatic rings. The number of aliphatic hydroxyl groups excluding tert-OH is 1. The smallest absolute Gasteiger partial charge is 0.237 e. The van der Waals surface area contributed by atoms with Crippen molar-refractivity contribution >= 4 is 11.8 Å². The number of aryl methyl sites for hydroxylation is 1. The summed E-state index contributed by atoms with van der Waals surface area (Å²) >= 11 is 0. The molecule has 1 aliphatic heterocycles. The monoisotopic (exact) mass is 319 g/mol. The summed E-state index contributed by atoms with van der Waals surface area (Å²) in [6, 6.07) is 7.75. The lowest BCUT2D eigenvalue weighted by atomic mass is 10.1. The van der Waals surface area contributed by atoms with Gasteiger partial charge in [-0.15, -0.1) is 0 Å². The van der Waals surface area contributed by atoms with Gasteiger partial charge < -0.3 is 15.3 Å². The number of hydrogen-bond donors (Lipinski definition) is 2. The molecule has 2 N–H and O–H groups in total. The van der Waals surface area contributed by atoms with Crippen molar-refractivity contribution < 1.29 is 14.7 Å². The van der Waals surface area contributed by atoms with Gasteiger partial charge in [-0.05, 0) is 12.5 Å². The molecule has 1 aliphatic rings. The van der Waals surface area contributed by atoms with Crippen LogP contribution in [-0.2, 0) is 16.1 Å². The minimum Gasteiger partial charge on any atom is -0.395 e. The maximum absolute atomic E-state index is 12.2. The van der Waals surface area contributed by atoms with Gasteiger partial charge in [-0.2, -0.15) is 0 Å². The second-order valence-corrected chi connectivity index (χ2v) is 6.01. The average Bonchev–Trinajstić information content (AvgIpc) is 2.53. The second-order valence-electron chi connectivity index (χ2n) is 6.01. The summed E-state index contributed by atoms with van der Waals surface area (Å²) in [5, 5.41) is 11.8. The molecule has 2 amide bonds. The summed E-state index contributed by atoms with van der Waals surface area (Å²) in [4.78, 5) is 27.9. The van der Waals surface area contributed by atoms with Crippen LogP contribution in [0, 0.1) is 6.92 Å². The van der Waals surface area contributed by atoms with E-state index in [0.717, 1.165) is 12.1 Å². The lowest BCUT2D eigenvalue weighted by molar-refractivity contribution is -0.138. The molecular weight excluding hydrogens is 294 g/mol. The highest BCUT2D eigenvalue weighted by Crippen LogP contribution is 2.15. The molecule has 126 valence electrons. The molecule has 1 fully saturated rings. The zero-order valence-corrected chi connectivity index (χ0v) is 13.8. The fourth-order valence-corrected chi connectivity index (χ4v) is 2.70. The Morgan fingerprint density at radius 3 is 2.74 bits per heavy atom. The molecule has 23 heavy (non-hydrogen) atoms. The molecule has 0 aromatic heterocycles. The third-order valence-corrected chi connectivity index (χ3v) is 4.18. The molecule has 1 saturated heterocycles. The number of rotatable bonds is 6. The van der Waals surface area contributed by atoms with Crippen LogP contribution in [0.1, 0.15) is 17.5 Å². The third-order valence-electron chi connectivity index (χ3n) is 4.18. The highest BCUT2D eigenvalue weighted by Gasteiger charge is 2.32. The molecule has 6 heteroatoms. The molecule has 1 aromatic carbocycles. The van der Waals surface area contributed by atoms with E-state index in [2.05, 4.69) is 29.6 Å². The van der Waals surface area contributed by atoms with Gasteiger partial charge in [0.2, 0.25) is 11.8 Å². The van der Waals surface area contributed by atoms with E-state index in [0.29, 0.717) is 13.1 Å². The van der Waals surface area contributed by atoms with E-state index in [1.165, 1.54) is 10.5 Å². The predicted octanol–water partition coefficient (Wildman–Crippen LogP) is 0.136. The Kier molecular flexibility index (Phi) is 6.12. The Bertz CT molecular complexity index is 545. The van der Waals surface area contributed by atoms with Gasteiger partial charge >= 0.3 is 0 Å². The van der Waals surface area contributed by atoms with Crippen LogP contribution < -0.4 is 5.32 Å². The normalized spacial score (nSPS) is 18.6. The van der Waals surface area contributed by atoms with Crippen molar-refractivity contribution in [1.29, 1.82) is 0 Å². The number of nitrogens with zero attached hydrogens (tertiary/aromatic N) is 2. The number of amides is 2. The Morgan fingerprint density at radius 1 is 1.39 bits per heavy atom. The van der Waals surface area contributed by atoms with E-state index < -0.39 is 6.04 Å². The zero-order chi connectivity index (χ0) is 16.8. The van der Waals surface area contributed by atoms with E-state index in [1.807, 2.05) is 11.8 Å². The number of hydrogen-bond acceptors (Lipinski definition) is 4. The molecule has 0 spiro atoms. The van der Waals surface area contributed by atoms with Crippen LogP contribution in [0.15, 0.2) is 24.3 Å². The molecule has 1 heterocycles. The van der Waals surface area contributed by atoms with Crippen molar-refractivity contribution in [3.63, 3.8) is 0 Å². The van der Waals surface area contributed by atoms with Crippen LogP contribution in [0.2, 0.25) is 0 Å². The molecule has 2 rings (SSSR count). The number of likely N-dealkylation sites (N-methyl/N-ethyl adjacent to an activating group) is 1. The molecule has 0 unspecified atom stereocenters. The van der Waals surface area contributed by atoms with Crippen molar-refractivity contribution in [3.05, 3.63) is 35.4 Å². The molecule has 0 saturated carbocycles. The fourth-order valence-electron chi connectivity index (χ4n) is 2.70. The molecule has 0 aliphatic carbocycles. The average molecular weight is 319 g/mol. The third kappa shape index (κ3) is 4.77. The Labute approximate surface area is 137 Å². The predicted molar refractivity (Wildman–Crippen MR) is 87.7 cm³/mol. The first kappa shape index (κ1) is 17.4. The topological polar surface area (TPSA) is 72.9 Å². The second kappa shape index (κ2) is 8.08. The lowest BCUT2D eigenvalue weighted by Crippen LogP contribution is -2.56. The molecule has 0 radical (unpaired) electrons. The van der Waals surface area contributed by atoms with Gasteiger partial charge in [-0.25, -0.2) is 0 Å². The minimum atomic E-state index is -0.460. The Balaban J connectivity index is 2.05. The van der Waals surface area contributed by atoms with Crippen LogP contribution in [-0.4, -0.2) is 66.1 Å². The fraction of sp³-hybridized carbons (Fsp3) is 0.529. The van der Waals surface area contributed by atoms with Gasteiger partial charge in [0.05, 0.1) is 19.1 Å². The highest BCUT2D eigenvalue weighted by atomic mass is 16.3. The number of carbonyl (C=O) groups excluding carboxylic acids is 2. The lowest BCUT2D eigenvalue weighted by Gasteiger charge is -2.35. The molecule has 1 atom stereocenters. The van der Waals surface area contributed by atoms with Gasteiger partial charge in [0.1, 0.15) is 0 Å². The van der Waals surface area contributed by atoms with Gasteiger partial charge in [0.25, 0.3) is 0 Å². The summed E-state index contributed by atoms with van der Waals surface area (Å²) in [5.74, 6) is -0.232. The van der Waals surface area contributed by atoms with Crippen LogP contribution in [0.5, 0.6) is 0 Å². The van der Waals surface area contributed by atoms with E-state index in [4.69, 9.17) is 5.11 Å². The van der Waals surface area contributed by atoms with Crippen LogP contribution in [0.4, 0.5) is 0 Å². The first-order valence-electron chi connectivity index (χ1n) is 7.93. The van der Waals surface area contributed by atoms with Gasteiger partial charge in [-0.1, -0.05) is 29.8 Å². The van der Waals surface area contributed by atoms with Crippen molar-refractivity contribution in [2.75, 3.05) is 33.3 Å². The number of benzene rings is 1. The number of aliphatic hydroxyl groups is 1. The highest BCUT2D eigenvalue weighted by molar-refractivity contribution is 5.88. The summed E-state index contributed by atoms with van der Waals surface area (Å²) in [6.45, 7) is 4.21. The Hall–Kier alpha value is -1.92. The van der Waals surface area contributed by atoms with Gasteiger partial charge in [0, 0.05) is 33.2 Å². The van der Waals surface area contributed by atoms with Gasteiger partial charge in [0.15, 0.2) is 0 Å². The SMILES string of the molecule is Cc1ccc(CN2CCNC(=O)[C@H]2CC(=O)N(C)CCO)cc1.